The van der Waals surface area contributed by atoms with E-state index in [1.165, 1.54) is 0 Å². The zero-order valence-corrected chi connectivity index (χ0v) is 10.7. The van der Waals surface area contributed by atoms with Crippen molar-refractivity contribution >= 4 is 0 Å². The Balaban J connectivity index is 0.00000144. The third-order valence-electron chi connectivity index (χ3n) is 1.85. The summed E-state index contributed by atoms with van der Waals surface area (Å²) in [4.78, 5) is 0. The number of hydrogen-bond donors (Lipinski definition) is 2. The molecule has 2 nitrogen and oxygen atoms in total. The normalized spacial score (nSPS) is 11.8. The minimum absolute atomic E-state index is 0. The number of hydrogen-bond acceptors (Lipinski definition) is 2. The maximum atomic E-state index is 9.61. The fourth-order valence-electron chi connectivity index (χ4n) is 1.12. The molecule has 1 aromatic carbocycles. The molecule has 69 valence electrons. The summed E-state index contributed by atoms with van der Waals surface area (Å²) in [5.74, 6) is 0. The van der Waals surface area contributed by atoms with Crippen molar-refractivity contribution in [2.45, 2.75) is 12.5 Å². The van der Waals surface area contributed by atoms with E-state index in [4.69, 9.17) is 0 Å². The second-order valence-electron chi connectivity index (χ2n) is 2.82. The van der Waals surface area contributed by atoms with Crippen LogP contribution in [0.25, 0.3) is 0 Å². The van der Waals surface area contributed by atoms with Crippen molar-refractivity contribution in [2.24, 2.45) is 0 Å². The summed E-state index contributed by atoms with van der Waals surface area (Å²) in [5.41, 5.74) is 0.993. The molecule has 0 heterocycles. The number of nitrogens with one attached hydrogen (secondary N) is 1. The summed E-state index contributed by atoms with van der Waals surface area (Å²) < 4.78 is 0. The fourth-order valence-corrected chi connectivity index (χ4v) is 1.12. The SMILES string of the molecule is CNCC[C@H](O)c1ccccc1.[Y]. The molecule has 13 heavy (non-hydrogen) atoms. The summed E-state index contributed by atoms with van der Waals surface area (Å²) >= 11 is 0. The summed E-state index contributed by atoms with van der Waals surface area (Å²) in [6, 6.07) is 9.73. The summed E-state index contributed by atoms with van der Waals surface area (Å²) in [6.45, 7) is 0.843. The van der Waals surface area contributed by atoms with Crippen LogP contribution in [0.5, 0.6) is 0 Å². The first-order chi connectivity index (χ1) is 5.84. The van der Waals surface area contributed by atoms with Gasteiger partial charge in [-0.1, -0.05) is 30.3 Å². The minimum atomic E-state index is -0.335. The molecule has 0 saturated carbocycles. The first-order valence-corrected chi connectivity index (χ1v) is 4.22. The van der Waals surface area contributed by atoms with Crippen LogP contribution in [0.4, 0.5) is 0 Å². The van der Waals surface area contributed by atoms with Crippen molar-refractivity contribution in [1.29, 1.82) is 0 Å². The van der Waals surface area contributed by atoms with Gasteiger partial charge in [-0.25, -0.2) is 0 Å². The number of rotatable bonds is 4. The van der Waals surface area contributed by atoms with Gasteiger partial charge in [0.2, 0.25) is 0 Å². The number of aliphatic hydroxyl groups is 1. The maximum absolute atomic E-state index is 9.61. The third-order valence-corrected chi connectivity index (χ3v) is 1.85. The Morgan fingerprint density at radius 2 is 1.92 bits per heavy atom. The van der Waals surface area contributed by atoms with Crippen molar-refractivity contribution in [1.82, 2.24) is 5.32 Å². The van der Waals surface area contributed by atoms with E-state index in [0.717, 1.165) is 18.5 Å². The van der Waals surface area contributed by atoms with Gasteiger partial charge in [0.15, 0.2) is 0 Å². The Kier molecular flexibility index (Phi) is 7.77. The van der Waals surface area contributed by atoms with E-state index in [1.54, 1.807) is 0 Å². The number of benzene rings is 1. The van der Waals surface area contributed by atoms with Crippen LogP contribution in [0, 0.1) is 0 Å². The van der Waals surface area contributed by atoms with Crippen LogP contribution in [0.3, 0.4) is 0 Å². The first-order valence-electron chi connectivity index (χ1n) is 4.22. The second-order valence-corrected chi connectivity index (χ2v) is 2.82. The van der Waals surface area contributed by atoms with E-state index in [0.29, 0.717) is 0 Å². The van der Waals surface area contributed by atoms with Gasteiger partial charge in [-0.15, -0.1) is 0 Å². The molecule has 3 heteroatoms. The maximum Gasteiger partial charge on any atom is 0.0802 e. The summed E-state index contributed by atoms with van der Waals surface area (Å²) in [7, 11) is 1.89. The Morgan fingerprint density at radius 3 is 2.46 bits per heavy atom. The molecule has 0 bridgehead atoms. The van der Waals surface area contributed by atoms with E-state index in [2.05, 4.69) is 5.32 Å². The molecular weight excluding hydrogens is 239 g/mol. The van der Waals surface area contributed by atoms with E-state index in [-0.39, 0.29) is 38.8 Å². The summed E-state index contributed by atoms with van der Waals surface area (Å²) in [5, 5.41) is 12.6. The summed E-state index contributed by atoms with van der Waals surface area (Å²) in [6.07, 6.45) is 0.430. The van der Waals surface area contributed by atoms with Crippen LogP contribution in [0.1, 0.15) is 18.1 Å². The smallest absolute Gasteiger partial charge is 0.0802 e. The molecule has 2 N–H and O–H groups in total. The molecule has 0 aliphatic carbocycles. The van der Waals surface area contributed by atoms with E-state index in [1.807, 2.05) is 37.4 Å². The standard InChI is InChI=1S/C10H15NO.Y/c1-11-8-7-10(12)9-5-3-2-4-6-9;/h2-6,10-12H,7-8H2,1H3;/t10-;/m0./s1. The largest absolute Gasteiger partial charge is 0.388 e. The zero-order valence-electron chi connectivity index (χ0n) is 7.90. The van der Waals surface area contributed by atoms with E-state index in [9.17, 15) is 5.11 Å². The molecule has 0 amide bonds. The van der Waals surface area contributed by atoms with Gasteiger partial charge in [-0.3, -0.25) is 0 Å². The molecule has 0 aromatic heterocycles. The Labute approximate surface area is 105 Å². The fraction of sp³-hybridized carbons (Fsp3) is 0.400. The molecule has 0 aliphatic rings. The van der Waals surface area contributed by atoms with Gasteiger partial charge in [0.1, 0.15) is 0 Å². The van der Waals surface area contributed by atoms with Crippen molar-refractivity contribution in [3.8, 4) is 0 Å². The molecule has 1 atom stereocenters. The quantitative estimate of drug-likeness (QED) is 0.849. The van der Waals surface area contributed by atoms with Gasteiger partial charge >= 0.3 is 0 Å². The van der Waals surface area contributed by atoms with E-state index >= 15 is 0 Å². The van der Waals surface area contributed by atoms with Crippen LogP contribution in [0.2, 0.25) is 0 Å². The Morgan fingerprint density at radius 1 is 1.31 bits per heavy atom. The molecular formula is C10H15NOY. The van der Waals surface area contributed by atoms with Crippen LogP contribution < -0.4 is 5.32 Å². The first kappa shape index (κ1) is 13.2. The molecule has 0 spiro atoms. The average Bonchev–Trinajstić information content (AvgIpc) is 2.15. The van der Waals surface area contributed by atoms with Crippen molar-refractivity contribution in [2.75, 3.05) is 13.6 Å². The zero-order chi connectivity index (χ0) is 8.81. The molecule has 1 radical (unpaired) electrons. The Bertz CT molecular complexity index is 215. The van der Waals surface area contributed by atoms with Crippen molar-refractivity contribution in [3.63, 3.8) is 0 Å². The van der Waals surface area contributed by atoms with Gasteiger partial charge in [0.05, 0.1) is 6.10 Å². The molecule has 0 fully saturated rings. The number of aliphatic hydroxyl groups excluding tert-OH is 1. The Hall–Kier alpha value is 0.244. The topological polar surface area (TPSA) is 32.3 Å². The molecule has 1 aromatic rings. The monoisotopic (exact) mass is 254 g/mol. The van der Waals surface area contributed by atoms with Gasteiger partial charge in [0.25, 0.3) is 0 Å². The van der Waals surface area contributed by atoms with Crippen LogP contribution in [-0.4, -0.2) is 18.7 Å². The van der Waals surface area contributed by atoms with Crippen LogP contribution in [-0.2, 0) is 32.7 Å². The predicted molar refractivity (Wildman–Crippen MR) is 49.9 cm³/mol. The van der Waals surface area contributed by atoms with Gasteiger partial charge in [-0.2, -0.15) is 0 Å². The van der Waals surface area contributed by atoms with Gasteiger partial charge in [0, 0.05) is 32.7 Å². The third kappa shape index (κ3) is 4.87. The van der Waals surface area contributed by atoms with Gasteiger partial charge < -0.3 is 10.4 Å². The molecule has 0 saturated heterocycles. The van der Waals surface area contributed by atoms with Crippen LogP contribution >= 0.6 is 0 Å². The predicted octanol–water partition coefficient (Wildman–Crippen LogP) is 1.33. The minimum Gasteiger partial charge on any atom is -0.388 e. The van der Waals surface area contributed by atoms with Gasteiger partial charge in [-0.05, 0) is 25.6 Å². The van der Waals surface area contributed by atoms with E-state index < -0.39 is 0 Å². The van der Waals surface area contributed by atoms with Crippen LogP contribution in [0.15, 0.2) is 30.3 Å². The molecule has 1 rings (SSSR count). The second kappa shape index (κ2) is 7.63. The van der Waals surface area contributed by atoms with Crippen molar-refractivity contribution in [3.05, 3.63) is 35.9 Å². The molecule has 0 unspecified atom stereocenters. The molecule has 0 aliphatic heterocycles. The van der Waals surface area contributed by atoms with Crippen molar-refractivity contribution < 1.29 is 37.8 Å². The average molecular weight is 254 g/mol.